The van der Waals surface area contributed by atoms with Crippen LogP contribution in [0.2, 0.25) is 0 Å². The summed E-state index contributed by atoms with van der Waals surface area (Å²) in [6.07, 6.45) is -2.38. The smallest absolute Gasteiger partial charge is 0.377 e. The molecule has 0 aromatic heterocycles. The first-order chi connectivity index (χ1) is 8.39. The Morgan fingerprint density at radius 2 is 2.00 bits per heavy atom. The van der Waals surface area contributed by atoms with Gasteiger partial charge in [0, 0.05) is 25.8 Å². The first kappa shape index (κ1) is 13.2. The summed E-state index contributed by atoms with van der Waals surface area (Å²) in [6.45, 7) is 0.869. The van der Waals surface area contributed by atoms with Crippen LogP contribution in [0.15, 0.2) is 18.2 Å². The van der Waals surface area contributed by atoms with Gasteiger partial charge in [0.15, 0.2) is 0 Å². The third kappa shape index (κ3) is 2.61. The molecule has 1 aromatic carbocycles. The zero-order chi connectivity index (χ0) is 13.3. The van der Waals surface area contributed by atoms with Gasteiger partial charge in [-0.05, 0) is 43.1 Å². The lowest BCUT2D eigenvalue weighted by Crippen LogP contribution is -2.19. The summed E-state index contributed by atoms with van der Waals surface area (Å²) < 4.78 is 38.3. The molecule has 0 saturated carbocycles. The number of benzene rings is 1. The second-order valence-corrected chi connectivity index (χ2v) is 4.81. The molecule has 0 bridgehead atoms. The van der Waals surface area contributed by atoms with Crippen molar-refractivity contribution in [3.8, 4) is 0 Å². The number of nitrogens with zero attached hydrogens (tertiary/aromatic N) is 1. The van der Waals surface area contributed by atoms with Gasteiger partial charge in [-0.15, -0.1) is 0 Å². The first-order valence-electron chi connectivity index (χ1n) is 6.01. The van der Waals surface area contributed by atoms with Gasteiger partial charge in [0.25, 0.3) is 0 Å². The number of halogens is 3. The second kappa shape index (κ2) is 4.80. The Kier molecular flexibility index (Phi) is 3.52. The van der Waals surface area contributed by atoms with Crippen molar-refractivity contribution in [2.75, 3.05) is 25.5 Å². The molecular formula is C13H17F3N2. The van der Waals surface area contributed by atoms with E-state index in [1.165, 1.54) is 6.07 Å². The molecule has 1 aliphatic heterocycles. The molecule has 0 radical (unpaired) electrons. The molecule has 5 heteroatoms. The highest BCUT2D eigenvalue weighted by molar-refractivity contribution is 5.56. The molecule has 1 heterocycles. The number of alkyl halides is 3. The summed E-state index contributed by atoms with van der Waals surface area (Å²) >= 11 is 0. The third-order valence-electron chi connectivity index (χ3n) is 3.27. The zero-order valence-electron chi connectivity index (χ0n) is 10.5. The van der Waals surface area contributed by atoms with E-state index >= 15 is 0 Å². The quantitative estimate of drug-likeness (QED) is 0.876. The van der Waals surface area contributed by atoms with Crippen LogP contribution in [0.4, 0.5) is 18.9 Å². The molecular weight excluding hydrogens is 241 g/mol. The van der Waals surface area contributed by atoms with Crippen molar-refractivity contribution in [1.82, 2.24) is 5.32 Å². The predicted molar refractivity (Wildman–Crippen MR) is 65.7 cm³/mol. The van der Waals surface area contributed by atoms with Crippen LogP contribution in [0.5, 0.6) is 0 Å². The van der Waals surface area contributed by atoms with Crippen LogP contribution in [0.25, 0.3) is 0 Å². The topological polar surface area (TPSA) is 15.3 Å². The van der Waals surface area contributed by atoms with Crippen LogP contribution < -0.4 is 10.2 Å². The van der Waals surface area contributed by atoms with Crippen molar-refractivity contribution in [2.24, 2.45) is 0 Å². The number of anilines is 1. The van der Waals surface area contributed by atoms with Gasteiger partial charge in [0.05, 0.1) is 5.56 Å². The Labute approximate surface area is 105 Å². The van der Waals surface area contributed by atoms with Gasteiger partial charge in [-0.1, -0.05) is 0 Å². The molecule has 1 fully saturated rings. The van der Waals surface area contributed by atoms with Crippen molar-refractivity contribution in [1.29, 1.82) is 0 Å². The highest BCUT2D eigenvalue weighted by Crippen LogP contribution is 2.36. The van der Waals surface area contributed by atoms with E-state index in [0.29, 0.717) is 0 Å². The summed E-state index contributed by atoms with van der Waals surface area (Å²) in [4.78, 5) is 1.86. The van der Waals surface area contributed by atoms with Gasteiger partial charge < -0.3 is 10.2 Å². The number of rotatable bonds is 2. The van der Waals surface area contributed by atoms with E-state index in [9.17, 15) is 13.2 Å². The minimum Gasteiger partial charge on any atom is -0.377 e. The van der Waals surface area contributed by atoms with Gasteiger partial charge in [-0.2, -0.15) is 13.2 Å². The van der Waals surface area contributed by atoms with Crippen LogP contribution in [0.3, 0.4) is 0 Å². The lowest BCUT2D eigenvalue weighted by molar-refractivity contribution is -0.137. The molecule has 18 heavy (non-hydrogen) atoms. The molecule has 1 atom stereocenters. The molecule has 100 valence electrons. The normalized spacial score (nSPS) is 20.2. The van der Waals surface area contributed by atoms with E-state index in [-0.39, 0.29) is 6.04 Å². The van der Waals surface area contributed by atoms with Crippen molar-refractivity contribution < 1.29 is 13.2 Å². The van der Waals surface area contributed by atoms with Crippen molar-refractivity contribution >= 4 is 5.69 Å². The molecule has 2 nitrogen and oxygen atoms in total. The van der Waals surface area contributed by atoms with Gasteiger partial charge in [-0.3, -0.25) is 0 Å². The largest absolute Gasteiger partial charge is 0.416 e. The van der Waals surface area contributed by atoms with E-state index in [4.69, 9.17) is 0 Å². The Hall–Kier alpha value is -1.23. The molecule has 0 aliphatic carbocycles. The lowest BCUT2D eigenvalue weighted by Gasteiger charge is -2.23. The van der Waals surface area contributed by atoms with Gasteiger partial charge in [-0.25, -0.2) is 0 Å². The molecule has 1 aromatic rings. The highest BCUT2D eigenvalue weighted by Gasteiger charge is 2.32. The fraction of sp³-hybridized carbons (Fsp3) is 0.538. The third-order valence-corrected chi connectivity index (χ3v) is 3.27. The molecule has 1 N–H and O–H groups in total. The van der Waals surface area contributed by atoms with Crippen LogP contribution in [0, 0.1) is 0 Å². The summed E-state index contributed by atoms with van der Waals surface area (Å²) in [5, 5.41) is 3.25. The van der Waals surface area contributed by atoms with E-state index in [0.717, 1.165) is 36.7 Å². The maximum atomic E-state index is 12.8. The van der Waals surface area contributed by atoms with Gasteiger partial charge in [0.1, 0.15) is 0 Å². The second-order valence-electron chi connectivity index (χ2n) is 4.81. The maximum Gasteiger partial charge on any atom is 0.416 e. The minimum absolute atomic E-state index is 0.0321. The van der Waals surface area contributed by atoms with Crippen molar-refractivity contribution in [2.45, 2.75) is 25.1 Å². The van der Waals surface area contributed by atoms with E-state index in [1.54, 1.807) is 6.07 Å². The standard InChI is InChI=1S/C13H17F3N2/c1-18(2)12-6-5-9(13(14,15)16)8-10(12)11-4-3-7-17-11/h5-6,8,11,17H,3-4,7H2,1-2H3. The van der Waals surface area contributed by atoms with Gasteiger partial charge in [0.2, 0.25) is 0 Å². The fourth-order valence-electron chi connectivity index (χ4n) is 2.37. The van der Waals surface area contributed by atoms with Crippen LogP contribution in [-0.4, -0.2) is 20.6 Å². The molecule has 1 aliphatic rings. The zero-order valence-corrected chi connectivity index (χ0v) is 10.5. The fourth-order valence-corrected chi connectivity index (χ4v) is 2.37. The van der Waals surface area contributed by atoms with Crippen LogP contribution >= 0.6 is 0 Å². The van der Waals surface area contributed by atoms with Crippen molar-refractivity contribution in [3.05, 3.63) is 29.3 Å². The predicted octanol–water partition coefficient (Wildman–Crippen LogP) is 3.20. The summed E-state index contributed by atoms with van der Waals surface area (Å²) in [6, 6.07) is 4.01. The molecule has 0 spiro atoms. The molecule has 1 unspecified atom stereocenters. The van der Waals surface area contributed by atoms with E-state index < -0.39 is 11.7 Å². The SMILES string of the molecule is CN(C)c1ccc(C(F)(F)F)cc1C1CCCN1. The first-order valence-corrected chi connectivity index (χ1v) is 6.01. The minimum atomic E-state index is -4.28. The van der Waals surface area contributed by atoms with Crippen molar-refractivity contribution in [3.63, 3.8) is 0 Å². The maximum absolute atomic E-state index is 12.8. The average Bonchev–Trinajstić information content (AvgIpc) is 2.80. The Morgan fingerprint density at radius 1 is 1.28 bits per heavy atom. The highest BCUT2D eigenvalue weighted by atomic mass is 19.4. The Bertz CT molecular complexity index is 421. The van der Waals surface area contributed by atoms with E-state index in [2.05, 4.69) is 5.32 Å². The molecule has 0 amide bonds. The van der Waals surface area contributed by atoms with E-state index in [1.807, 2.05) is 19.0 Å². The Morgan fingerprint density at radius 3 is 2.50 bits per heavy atom. The van der Waals surface area contributed by atoms with Crippen LogP contribution in [-0.2, 0) is 6.18 Å². The average molecular weight is 258 g/mol. The van der Waals surface area contributed by atoms with Crippen LogP contribution in [0.1, 0.15) is 30.0 Å². The Balaban J connectivity index is 2.44. The lowest BCUT2D eigenvalue weighted by atomic mass is 9.99. The monoisotopic (exact) mass is 258 g/mol. The summed E-state index contributed by atoms with van der Waals surface area (Å²) in [5.74, 6) is 0. The molecule has 2 rings (SSSR count). The molecule has 1 saturated heterocycles. The van der Waals surface area contributed by atoms with Gasteiger partial charge >= 0.3 is 6.18 Å². The summed E-state index contributed by atoms with van der Waals surface area (Å²) in [7, 11) is 3.70. The number of hydrogen-bond donors (Lipinski definition) is 1. The number of nitrogens with one attached hydrogen (secondary N) is 1. The number of hydrogen-bond acceptors (Lipinski definition) is 2. The summed E-state index contributed by atoms with van der Waals surface area (Å²) in [5.41, 5.74) is 1.02.